The van der Waals surface area contributed by atoms with Gasteiger partial charge in [-0.3, -0.25) is 0 Å². The highest BCUT2D eigenvalue weighted by Gasteiger charge is 2.30. The molecule has 1 unspecified atom stereocenters. The lowest BCUT2D eigenvalue weighted by Crippen LogP contribution is -2.18. The summed E-state index contributed by atoms with van der Waals surface area (Å²) in [7, 11) is -2.08. The average molecular weight is 406 g/mol. The molecule has 0 fully saturated rings. The Balaban J connectivity index is 1.91. The van der Waals surface area contributed by atoms with Gasteiger partial charge in [0, 0.05) is 5.56 Å². The van der Waals surface area contributed by atoms with Crippen molar-refractivity contribution in [2.24, 2.45) is 5.14 Å². The Morgan fingerprint density at radius 2 is 1.90 bits per heavy atom. The van der Waals surface area contributed by atoms with E-state index in [1.807, 2.05) is 36.4 Å². The summed E-state index contributed by atoms with van der Waals surface area (Å²) in [6.07, 6.45) is -0.460. The maximum Gasteiger partial charge on any atom is 0.213 e. The summed E-state index contributed by atoms with van der Waals surface area (Å²) in [5, 5.41) is 14.3. The van der Waals surface area contributed by atoms with E-state index in [1.165, 1.54) is 0 Å². The summed E-state index contributed by atoms with van der Waals surface area (Å²) < 4.78 is 35.0. The standard InChI is InChI=1S/C22H18N2O4S/c1-27-19-3-2-4-20-21(19)17-10-7-15(13-29(24,25)26)11-18(17)22(28-20)16-8-5-14(12-23)6-9-16/h2-11,22H,13H2,1H3,(H2,24,25,26). The minimum Gasteiger partial charge on any atom is -0.496 e. The first kappa shape index (κ1) is 19.0. The fourth-order valence-electron chi connectivity index (χ4n) is 3.59. The Hall–Kier alpha value is -3.34. The Kier molecular flexibility index (Phi) is 4.74. The zero-order valence-electron chi connectivity index (χ0n) is 15.6. The largest absolute Gasteiger partial charge is 0.496 e. The van der Waals surface area contributed by atoms with Crippen molar-refractivity contribution in [3.05, 3.63) is 82.9 Å². The van der Waals surface area contributed by atoms with Crippen LogP contribution in [-0.2, 0) is 15.8 Å². The molecule has 7 heteroatoms. The third-order valence-electron chi connectivity index (χ3n) is 4.83. The Labute approximate surface area is 169 Å². The Bertz CT molecular complexity index is 1230. The molecule has 1 aliphatic heterocycles. The van der Waals surface area contributed by atoms with Gasteiger partial charge in [0.1, 0.15) is 17.6 Å². The zero-order valence-corrected chi connectivity index (χ0v) is 16.4. The van der Waals surface area contributed by atoms with Gasteiger partial charge in [-0.1, -0.05) is 36.4 Å². The van der Waals surface area contributed by atoms with E-state index < -0.39 is 16.1 Å². The predicted octanol–water partition coefficient (Wildman–Crippen LogP) is 3.50. The topological polar surface area (TPSA) is 102 Å². The van der Waals surface area contributed by atoms with Crippen molar-refractivity contribution in [1.82, 2.24) is 0 Å². The molecule has 0 saturated heterocycles. The van der Waals surface area contributed by atoms with E-state index >= 15 is 0 Å². The van der Waals surface area contributed by atoms with Crippen molar-refractivity contribution in [2.75, 3.05) is 7.11 Å². The van der Waals surface area contributed by atoms with Crippen LogP contribution in [0.3, 0.4) is 0 Å². The molecule has 2 N–H and O–H groups in total. The number of rotatable bonds is 4. The van der Waals surface area contributed by atoms with Crippen LogP contribution in [-0.4, -0.2) is 15.5 Å². The van der Waals surface area contributed by atoms with Crippen molar-refractivity contribution in [3.63, 3.8) is 0 Å². The second-order valence-corrected chi connectivity index (χ2v) is 8.41. The van der Waals surface area contributed by atoms with Crippen LogP contribution in [0, 0.1) is 11.3 Å². The molecule has 0 bridgehead atoms. The molecule has 1 aliphatic rings. The van der Waals surface area contributed by atoms with Crippen LogP contribution in [0.15, 0.2) is 60.7 Å². The molecule has 0 saturated carbocycles. The van der Waals surface area contributed by atoms with Crippen LogP contribution >= 0.6 is 0 Å². The summed E-state index contributed by atoms with van der Waals surface area (Å²) in [5.74, 6) is 1.07. The smallest absolute Gasteiger partial charge is 0.213 e. The van der Waals surface area contributed by atoms with Gasteiger partial charge >= 0.3 is 0 Å². The first-order valence-electron chi connectivity index (χ1n) is 8.87. The van der Waals surface area contributed by atoms with Gasteiger partial charge in [-0.25, -0.2) is 13.6 Å². The van der Waals surface area contributed by atoms with Gasteiger partial charge in [-0.05, 0) is 41.0 Å². The minimum absolute atomic E-state index is 0.265. The van der Waals surface area contributed by atoms with Crippen molar-refractivity contribution in [2.45, 2.75) is 11.9 Å². The van der Waals surface area contributed by atoms with Gasteiger partial charge in [0.2, 0.25) is 10.0 Å². The lowest BCUT2D eigenvalue weighted by Gasteiger charge is -2.30. The highest BCUT2D eigenvalue weighted by atomic mass is 32.2. The molecule has 0 aromatic heterocycles. The number of nitriles is 1. The fourth-order valence-corrected chi connectivity index (χ4v) is 4.24. The second-order valence-electron chi connectivity index (χ2n) is 6.79. The molecule has 146 valence electrons. The highest BCUT2D eigenvalue weighted by Crippen LogP contribution is 2.49. The molecular formula is C22H18N2O4S. The van der Waals surface area contributed by atoms with Crippen LogP contribution < -0.4 is 14.6 Å². The molecule has 1 heterocycles. The number of primary sulfonamides is 1. The van der Waals surface area contributed by atoms with Gasteiger partial charge in [-0.2, -0.15) is 5.26 Å². The van der Waals surface area contributed by atoms with Gasteiger partial charge in [0.15, 0.2) is 0 Å². The first-order chi connectivity index (χ1) is 13.9. The number of nitrogens with two attached hydrogens (primary N) is 1. The molecule has 0 radical (unpaired) electrons. The van der Waals surface area contributed by atoms with Gasteiger partial charge in [-0.15, -0.1) is 0 Å². The van der Waals surface area contributed by atoms with Crippen molar-refractivity contribution < 1.29 is 17.9 Å². The number of hydrogen-bond donors (Lipinski definition) is 1. The molecule has 3 aromatic carbocycles. The van der Waals surface area contributed by atoms with E-state index in [0.29, 0.717) is 22.6 Å². The average Bonchev–Trinajstić information content (AvgIpc) is 2.71. The number of benzene rings is 3. The van der Waals surface area contributed by atoms with E-state index in [2.05, 4.69) is 6.07 Å². The van der Waals surface area contributed by atoms with Gasteiger partial charge < -0.3 is 9.47 Å². The van der Waals surface area contributed by atoms with Crippen LogP contribution in [0.4, 0.5) is 0 Å². The van der Waals surface area contributed by atoms with Crippen molar-refractivity contribution in [1.29, 1.82) is 5.26 Å². The number of methoxy groups -OCH3 is 1. The Morgan fingerprint density at radius 3 is 2.55 bits per heavy atom. The van der Waals surface area contributed by atoms with Crippen LogP contribution in [0.2, 0.25) is 0 Å². The van der Waals surface area contributed by atoms with E-state index in [9.17, 15) is 8.42 Å². The normalized spacial score (nSPS) is 14.9. The SMILES string of the molecule is COc1cccc2c1-c1ccc(CS(N)(=O)=O)cc1C(c1ccc(C#N)cc1)O2. The van der Waals surface area contributed by atoms with Crippen LogP contribution in [0.25, 0.3) is 11.1 Å². The highest BCUT2D eigenvalue weighted by molar-refractivity contribution is 7.88. The lowest BCUT2D eigenvalue weighted by atomic mass is 9.88. The molecule has 1 atom stereocenters. The Morgan fingerprint density at radius 1 is 1.14 bits per heavy atom. The van der Waals surface area contributed by atoms with E-state index in [4.69, 9.17) is 19.9 Å². The molecule has 0 spiro atoms. The quantitative estimate of drug-likeness (QED) is 0.714. The third-order valence-corrected chi connectivity index (χ3v) is 5.57. The van der Waals surface area contributed by atoms with E-state index in [-0.39, 0.29) is 5.75 Å². The predicted molar refractivity (Wildman–Crippen MR) is 109 cm³/mol. The molecule has 3 aromatic rings. The number of ether oxygens (including phenoxy) is 2. The minimum atomic E-state index is -3.67. The zero-order chi connectivity index (χ0) is 20.6. The van der Waals surface area contributed by atoms with Crippen molar-refractivity contribution in [3.8, 4) is 28.7 Å². The molecular weight excluding hydrogens is 388 g/mol. The number of fused-ring (bicyclic) bond motifs is 3. The lowest BCUT2D eigenvalue weighted by molar-refractivity contribution is 0.242. The van der Waals surface area contributed by atoms with Crippen LogP contribution in [0.5, 0.6) is 11.5 Å². The molecule has 4 rings (SSSR count). The molecule has 0 aliphatic carbocycles. The van der Waals surface area contributed by atoms with E-state index in [0.717, 1.165) is 22.3 Å². The molecule has 0 amide bonds. The van der Waals surface area contributed by atoms with Crippen LogP contribution in [0.1, 0.15) is 28.4 Å². The van der Waals surface area contributed by atoms with Gasteiger partial charge in [0.25, 0.3) is 0 Å². The summed E-state index contributed by atoms with van der Waals surface area (Å²) >= 11 is 0. The maximum absolute atomic E-state index is 11.6. The first-order valence-corrected chi connectivity index (χ1v) is 10.6. The summed E-state index contributed by atoms with van der Waals surface area (Å²) in [6.45, 7) is 0. The number of nitrogens with zero attached hydrogens (tertiary/aromatic N) is 1. The van der Waals surface area contributed by atoms with Gasteiger partial charge in [0.05, 0.1) is 30.1 Å². The maximum atomic E-state index is 11.6. The number of sulfonamides is 1. The summed E-state index contributed by atoms with van der Waals surface area (Å²) in [5.41, 5.74) is 4.51. The summed E-state index contributed by atoms with van der Waals surface area (Å²) in [6, 6.07) is 20.2. The summed E-state index contributed by atoms with van der Waals surface area (Å²) in [4.78, 5) is 0. The monoisotopic (exact) mass is 406 g/mol. The third kappa shape index (κ3) is 3.68. The van der Waals surface area contributed by atoms with Crippen molar-refractivity contribution >= 4 is 10.0 Å². The van der Waals surface area contributed by atoms with E-state index in [1.54, 1.807) is 31.4 Å². The second kappa shape index (κ2) is 7.24. The number of hydrogen-bond acceptors (Lipinski definition) is 5. The molecule has 6 nitrogen and oxygen atoms in total. The fraction of sp³-hybridized carbons (Fsp3) is 0.136. The molecule has 29 heavy (non-hydrogen) atoms.